The molecule has 2 aromatic carbocycles. The number of hydrogen-bond donors (Lipinski definition) is 3. The van der Waals surface area contributed by atoms with Crippen molar-refractivity contribution in [3.05, 3.63) is 88.5 Å². The van der Waals surface area contributed by atoms with Gasteiger partial charge in [-0.05, 0) is 64.2 Å². The van der Waals surface area contributed by atoms with Crippen LogP contribution in [-0.2, 0) is 15.9 Å². The second kappa shape index (κ2) is 12.0. The van der Waals surface area contributed by atoms with Crippen molar-refractivity contribution >= 4 is 12.0 Å². The Morgan fingerprint density at radius 1 is 1.08 bits per heavy atom. The Balaban J connectivity index is 1.73. The van der Waals surface area contributed by atoms with Crippen LogP contribution in [0.5, 0.6) is 0 Å². The highest BCUT2D eigenvalue weighted by Crippen LogP contribution is 2.33. The van der Waals surface area contributed by atoms with Gasteiger partial charge in [-0.25, -0.2) is 4.79 Å². The summed E-state index contributed by atoms with van der Waals surface area (Å²) in [4.78, 5) is 11.8. The lowest BCUT2D eigenvalue weighted by molar-refractivity contribution is -0.152. The number of carbonyl (C=O) groups is 1. The van der Waals surface area contributed by atoms with Gasteiger partial charge in [0.25, 0.3) is 0 Å². The van der Waals surface area contributed by atoms with Crippen LogP contribution in [0.25, 0.3) is 6.08 Å². The number of carboxylic acid groups (broad SMARTS) is 1. The largest absolute Gasteiger partial charge is 0.478 e. The van der Waals surface area contributed by atoms with Gasteiger partial charge in [-0.2, -0.15) is 0 Å². The van der Waals surface area contributed by atoms with Gasteiger partial charge in [-0.1, -0.05) is 72.3 Å². The number of aliphatic hydroxyl groups excluding tert-OH is 2. The third-order valence-electron chi connectivity index (χ3n) is 6.44. The van der Waals surface area contributed by atoms with E-state index >= 15 is 0 Å². The standard InChI is InChI=1S/C30H38O6/c1-19-16-20(2)27(29(33)34)24(17-19)12-9-13-26-28(36-30(4,5)35-26)25(32)15-14-23(21(3)31)18-22-10-7-6-8-11-22/h6-12,14-17,21,23,25-26,28,31-32H,13,18H2,1-5H3,(H,33,34)/b12-9+,15-14-/t21-,23-,25?,26-,28+/m0/s1. The Morgan fingerprint density at radius 3 is 2.42 bits per heavy atom. The summed E-state index contributed by atoms with van der Waals surface area (Å²) in [5, 5.41) is 30.9. The molecule has 2 aromatic rings. The van der Waals surface area contributed by atoms with E-state index in [4.69, 9.17) is 9.47 Å². The summed E-state index contributed by atoms with van der Waals surface area (Å²) < 4.78 is 12.1. The van der Waals surface area contributed by atoms with Crippen LogP contribution in [0, 0.1) is 19.8 Å². The van der Waals surface area contributed by atoms with Crippen LogP contribution >= 0.6 is 0 Å². The number of aliphatic hydroxyl groups is 2. The average Bonchev–Trinajstić information content (AvgIpc) is 3.10. The number of benzene rings is 2. The first-order valence-electron chi connectivity index (χ1n) is 12.4. The van der Waals surface area contributed by atoms with E-state index in [1.165, 1.54) is 0 Å². The van der Waals surface area contributed by atoms with Crippen LogP contribution in [0.15, 0.2) is 60.7 Å². The Kier molecular flexibility index (Phi) is 9.25. The Hall–Kier alpha value is -2.77. The van der Waals surface area contributed by atoms with Gasteiger partial charge in [0.15, 0.2) is 5.79 Å². The van der Waals surface area contributed by atoms with Gasteiger partial charge in [0.2, 0.25) is 0 Å². The van der Waals surface area contributed by atoms with Crippen LogP contribution < -0.4 is 0 Å². The van der Waals surface area contributed by atoms with Crippen LogP contribution in [-0.4, -0.2) is 51.5 Å². The first kappa shape index (κ1) is 27.8. The zero-order valence-electron chi connectivity index (χ0n) is 21.7. The molecule has 6 nitrogen and oxygen atoms in total. The van der Waals surface area contributed by atoms with Crippen LogP contribution in [0.3, 0.4) is 0 Å². The molecule has 1 heterocycles. The van der Waals surface area contributed by atoms with Crippen molar-refractivity contribution in [1.29, 1.82) is 0 Å². The fraction of sp³-hybridized carbons (Fsp3) is 0.433. The van der Waals surface area contributed by atoms with Crippen molar-refractivity contribution in [2.24, 2.45) is 5.92 Å². The first-order valence-corrected chi connectivity index (χ1v) is 12.4. The Bertz CT molecular complexity index is 1090. The molecule has 0 bridgehead atoms. The molecule has 0 aliphatic carbocycles. The normalized spacial score (nSPS) is 22.2. The van der Waals surface area contributed by atoms with Gasteiger partial charge >= 0.3 is 5.97 Å². The average molecular weight is 495 g/mol. The monoisotopic (exact) mass is 494 g/mol. The second-order valence-electron chi connectivity index (χ2n) is 10.1. The molecule has 0 amide bonds. The molecule has 1 aliphatic rings. The van der Waals surface area contributed by atoms with E-state index in [2.05, 4.69) is 0 Å². The lowest BCUT2D eigenvalue weighted by Gasteiger charge is -2.21. The van der Waals surface area contributed by atoms with Crippen LogP contribution in [0.2, 0.25) is 0 Å². The minimum absolute atomic E-state index is 0.158. The maximum atomic E-state index is 11.8. The molecule has 3 rings (SSSR count). The Morgan fingerprint density at radius 2 is 1.78 bits per heavy atom. The number of aromatic carboxylic acids is 1. The minimum Gasteiger partial charge on any atom is -0.478 e. The van der Waals surface area contributed by atoms with E-state index in [1.807, 2.05) is 61.5 Å². The van der Waals surface area contributed by atoms with Gasteiger partial charge in [0.05, 0.1) is 17.8 Å². The van der Waals surface area contributed by atoms with Gasteiger partial charge < -0.3 is 24.8 Å². The van der Waals surface area contributed by atoms with E-state index < -0.39 is 36.2 Å². The smallest absolute Gasteiger partial charge is 0.336 e. The summed E-state index contributed by atoms with van der Waals surface area (Å²) in [6.07, 6.45) is 5.74. The molecule has 0 radical (unpaired) electrons. The molecule has 1 saturated heterocycles. The lowest BCUT2D eigenvalue weighted by atomic mass is 9.93. The number of carboxylic acids is 1. The highest BCUT2D eigenvalue weighted by atomic mass is 16.8. The number of hydrogen-bond acceptors (Lipinski definition) is 5. The van der Waals surface area contributed by atoms with Gasteiger partial charge in [0.1, 0.15) is 12.2 Å². The maximum Gasteiger partial charge on any atom is 0.336 e. The lowest BCUT2D eigenvalue weighted by Crippen LogP contribution is -2.34. The molecule has 0 aromatic heterocycles. The zero-order valence-corrected chi connectivity index (χ0v) is 21.7. The quantitative estimate of drug-likeness (QED) is 0.399. The fourth-order valence-electron chi connectivity index (χ4n) is 4.74. The highest BCUT2D eigenvalue weighted by Gasteiger charge is 2.43. The SMILES string of the molecule is Cc1cc(C)c(C(=O)O)c(/C=C/C[C@@H]2OC(C)(C)O[C@@H]2C(O)/C=C\[C@@H](Cc2ccccc2)[C@H](C)O)c1. The molecule has 3 N–H and O–H groups in total. The zero-order chi connectivity index (χ0) is 26.5. The van der Waals surface area contributed by atoms with Crippen LogP contribution in [0.4, 0.5) is 0 Å². The number of ether oxygens (including phenoxy) is 2. The molecular weight excluding hydrogens is 456 g/mol. The van der Waals surface area contributed by atoms with Crippen molar-refractivity contribution in [3.8, 4) is 0 Å². The van der Waals surface area contributed by atoms with Crippen molar-refractivity contribution in [3.63, 3.8) is 0 Å². The summed E-state index contributed by atoms with van der Waals surface area (Å²) in [6.45, 7) is 9.08. The topological polar surface area (TPSA) is 96.2 Å². The van der Waals surface area contributed by atoms with Crippen molar-refractivity contribution in [2.45, 2.75) is 77.7 Å². The molecule has 194 valence electrons. The van der Waals surface area contributed by atoms with E-state index in [1.54, 1.807) is 39.8 Å². The molecular formula is C30H38O6. The maximum absolute atomic E-state index is 11.8. The number of rotatable bonds is 10. The van der Waals surface area contributed by atoms with Gasteiger partial charge in [-0.15, -0.1) is 0 Å². The van der Waals surface area contributed by atoms with Crippen molar-refractivity contribution in [1.82, 2.24) is 0 Å². The molecule has 36 heavy (non-hydrogen) atoms. The molecule has 0 saturated carbocycles. The Labute approximate surface area is 213 Å². The third-order valence-corrected chi connectivity index (χ3v) is 6.44. The summed E-state index contributed by atoms with van der Waals surface area (Å²) in [7, 11) is 0. The molecule has 1 fully saturated rings. The first-order chi connectivity index (χ1) is 17.0. The summed E-state index contributed by atoms with van der Waals surface area (Å²) in [5.41, 5.74) is 3.73. The van der Waals surface area contributed by atoms with Gasteiger partial charge in [0, 0.05) is 5.92 Å². The molecule has 1 unspecified atom stereocenters. The summed E-state index contributed by atoms with van der Waals surface area (Å²) in [6, 6.07) is 13.6. The molecule has 0 spiro atoms. The predicted molar refractivity (Wildman–Crippen MR) is 141 cm³/mol. The molecule has 6 heteroatoms. The van der Waals surface area contributed by atoms with Crippen LogP contribution in [0.1, 0.15) is 59.8 Å². The minimum atomic E-state index is -0.963. The molecule has 1 aliphatic heterocycles. The van der Waals surface area contributed by atoms with Gasteiger partial charge in [-0.3, -0.25) is 0 Å². The van der Waals surface area contributed by atoms with Crippen molar-refractivity contribution < 1.29 is 29.6 Å². The fourth-order valence-corrected chi connectivity index (χ4v) is 4.74. The van der Waals surface area contributed by atoms with E-state index in [-0.39, 0.29) is 11.5 Å². The second-order valence-corrected chi connectivity index (χ2v) is 10.1. The molecule has 5 atom stereocenters. The van der Waals surface area contributed by atoms with E-state index in [0.717, 1.165) is 11.1 Å². The third kappa shape index (κ3) is 7.37. The summed E-state index contributed by atoms with van der Waals surface area (Å²) in [5.74, 6) is -1.98. The predicted octanol–water partition coefficient (Wildman–Crippen LogP) is 5.08. The van der Waals surface area contributed by atoms with E-state index in [9.17, 15) is 20.1 Å². The van der Waals surface area contributed by atoms with Crippen molar-refractivity contribution in [2.75, 3.05) is 0 Å². The summed E-state index contributed by atoms with van der Waals surface area (Å²) >= 11 is 0. The van der Waals surface area contributed by atoms with E-state index in [0.29, 0.717) is 24.0 Å². The highest BCUT2D eigenvalue weighted by molar-refractivity contribution is 5.94. The number of aryl methyl sites for hydroxylation is 2.